The summed E-state index contributed by atoms with van der Waals surface area (Å²) in [6, 6.07) is 6.84. The minimum atomic E-state index is -0.500. The van der Waals surface area contributed by atoms with E-state index < -0.39 is 5.60 Å². The molecule has 0 atom stereocenters. The third-order valence-corrected chi connectivity index (χ3v) is 7.98. The number of pyridine rings is 1. The van der Waals surface area contributed by atoms with Crippen LogP contribution in [0.5, 0.6) is 0 Å². The highest BCUT2D eigenvalue weighted by atomic mass is 19.1. The average molecular weight is 596 g/mol. The third kappa shape index (κ3) is 11.7. The molecule has 0 unspecified atom stereocenters. The number of esters is 1. The summed E-state index contributed by atoms with van der Waals surface area (Å²) in [5.41, 5.74) is 6.63. The van der Waals surface area contributed by atoms with Crippen molar-refractivity contribution in [3.63, 3.8) is 0 Å². The van der Waals surface area contributed by atoms with Gasteiger partial charge in [0.1, 0.15) is 5.82 Å². The molecule has 6 nitrogen and oxygen atoms in total. The number of anilines is 1. The number of carbonyl (C=O) groups excluding carboxylic acids is 1. The number of carbonyl (C=O) groups is 1. The highest BCUT2D eigenvalue weighted by molar-refractivity contribution is 5.83. The molecule has 238 valence electrons. The minimum Gasteiger partial charge on any atom is -0.463 e. The first-order chi connectivity index (χ1) is 20.1. The lowest BCUT2D eigenvalue weighted by atomic mass is 9.82. The Bertz CT molecular complexity index is 1220. The fourth-order valence-electron chi connectivity index (χ4n) is 5.54. The van der Waals surface area contributed by atoms with Gasteiger partial charge in [-0.3, -0.25) is 14.7 Å². The summed E-state index contributed by atoms with van der Waals surface area (Å²) in [7, 11) is 0. The van der Waals surface area contributed by atoms with E-state index in [1.165, 1.54) is 22.4 Å². The number of piperidine rings is 1. The monoisotopic (exact) mass is 595 g/mol. The molecular formula is C36H54FN3O3. The molecule has 1 saturated heterocycles. The lowest BCUT2D eigenvalue weighted by Gasteiger charge is -2.40. The molecule has 1 aromatic carbocycles. The van der Waals surface area contributed by atoms with Crippen molar-refractivity contribution in [1.82, 2.24) is 9.88 Å². The number of aromatic nitrogens is 1. The lowest BCUT2D eigenvalue weighted by molar-refractivity contribution is -0.146. The van der Waals surface area contributed by atoms with Crippen LogP contribution in [0.3, 0.4) is 0 Å². The summed E-state index contributed by atoms with van der Waals surface area (Å²) in [5.74, 6) is -0.369. The summed E-state index contributed by atoms with van der Waals surface area (Å²) >= 11 is 0. The molecule has 4 rings (SSSR count). The zero-order chi connectivity index (χ0) is 31.8. The average Bonchev–Trinajstić information content (AvgIpc) is 2.90. The molecule has 0 amide bonds. The highest BCUT2D eigenvalue weighted by Crippen LogP contribution is 2.39. The molecule has 1 aromatic heterocycles. The van der Waals surface area contributed by atoms with Gasteiger partial charge in [-0.05, 0) is 109 Å². The van der Waals surface area contributed by atoms with Crippen molar-refractivity contribution < 1.29 is 19.0 Å². The number of aliphatic hydroxyl groups is 1. The molecule has 7 heteroatoms. The summed E-state index contributed by atoms with van der Waals surface area (Å²) in [4.78, 5) is 22.5. The number of ether oxygens (including phenoxy) is 1. The maximum Gasteiger partial charge on any atom is 0.310 e. The van der Waals surface area contributed by atoms with Crippen LogP contribution in [0.4, 0.5) is 10.1 Å². The topological polar surface area (TPSA) is 65.9 Å². The number of hydrogen-bond donors (Lipinski definition) is 1. The summed E-state index contributed by atoms with van der Waals surface area (Å²) in [6.07, 6.45) is 9.73. The van der Waals surface area contributed by atoms with E-state index in [2.05, 4.69) is 29.7 Å². The Hall–Kier alpha value is -2.77. The Labute approximate surface area is 259 Å². The normalized spacial score (nSPS) is 17.3. The number of hydrogen-bond acceptors (Lipinski definition) is 6. The first-order valence-corrected chi connectivity index (χ1v) is 15.9. The van der Waals surface area contributed by atoms with E-state index in [4.69, 9.17) is 14.8 Å². The van der Waals surface area contributed by atoms with Crippen LogP contribution in [-0.4, -0.2) is 65.4 Å². The smallest absolute Gasteiger partial charge is 0.310 e. The Morgan fingerprint density at radius 1 is 1.12 bits per heavy atom. The molecule has 3 heterocycles. The minimum absolute atomic E-state index is 0.131. The maximum absolute atomic E-state index is 13.2. The van der Waals surface area contributed by atoms with Crippen LogP contribution in [0.25, 0.3) is 5.57 Å². The SMILES string of the molecule is CC(C)(C)O.Cc1ncc(C2=CCN(CCCc3ccc(F)cc3)CC2)c(N2CCC(C)(C)CC2)c1CC(=O)OC(C)C. The Morgan fingerprint density at radius 2 is 1.74 bits per heavy atom. The van der Waals surface area contributed by atoms with Crippen LogP contribution in [0.2, 0.25) is 0 Å². The summed E-state index contributed by atoms with van der Waals surface area (Å²) in [6.45, 7) is 20.6. The zero-order valence-corrected chi connectivity index (χ0v) is 27.8. The molecule has 0 aliphatic carbocycles. The lowest BCUT2D eigenvalue weighted by Crippen LogP contribution is -2.39. The van der Waals surface area contributed by atoms with Gasteiger partial charge >= 0.3 is 5.97 Å². The molecule has 0 bridgehead atoms. The van der Waals surface area contributed by atoms with Gasteiger partial charge in [-0.25, -0.2) is 4.39 Å². The largest absolute Gasteiger partial charge is 0.463 e. The van der Waals surface area contributed by atoms with Crippen LogP contribution < -0.4 is 4.90 Å². The molecule has 0 spiro atoms. The quantitative estimate of drug-likeness (QED) is 0.311. The van der Waals surface area contributed by atoms with Crippen molar-refractivity contribution in [2.75, 3.05) is 37.6 Å². The van der Waals surface area contributed by atoms with Crippen LogP contribution in [-0.2, 0) is 22.4 Å². The molecule has 2 aromatic rings. The number of aryl methyl sites for hydroxylation is 2. The van der Waals surface area contributed by atoms with Crippen LogP contribution in [0.1, 0.15) is 96.5 Å². The molecule has 1 N–H and O–H groups in total. The van der Waals surface area contributed by atoms with Crippen molar-refractivity contribution in [3.8, 4) is 0 Å². The fourth-order valence-corrected chi connectivity index (χ4v) is 5.54. The zero-order valence-electron chi connectivity index (χ0n) is 27.8. The Kier molecular flexibility index (Phi) is 12.3. The second kappa shape index (κ2) is 15.3. The number of rotatable bonds is 9. The van der Waals surface area contributed by atoms with Gasteiger partial charge in [0.05, 0.1) is 23.8 Å². The number of benzene rings is 1. The predicted molar refractivity (Wildman–Crippen MR) is 175 cm³/mol. The van der Waals surface area contributed by atoms with E-state index in [9.17, 15) is 9.18 Å². The molecule has 2 aliphatic heterocycles. The molecular weight excluding hydrogens is 541 g/mol. The van der Waals surface area contributed by atoms with E-state index in [0.717, 1.165) is 76.1 Å². The van der Waals surface area contributed by atoms with Gasteiger partial charge in [-0.15, -0.1) is 0 Å². The maximum atomic E-state index is 13.2. The van der Waals surface area contributed by atoms with Crippen molar-refractivity contribution in [2.45, 2.75) is 106 Å². The third-order valence-electron chi connectivity index (χ3n) is 7.98. The highest BCUT2D eigenvalue weighted by Gasteiger charge is 2.30. The first kappa shape index (κ1) is 34.7. The standard InChI is InChI=1S/C32H44FN3O2.C4H10O/c1-23(2)38-30(37)21-28-24(3)34-22-29(31(28)36-19-14-32(4,5)15-20-36)26-12-17-35(18-13-26)16-6-7-25-8-10-27(33)11-9-25;1-4(2,3)5/h8-12,22-23H,6-7,13-21H2,1-5H3;5H,1-3H3. The Balaban J connectivity index is 0.000000934. The van der Waals surface area contributed by atoms with Gasteiger partial charge in [0.15, 0.2) is 0 Å². The van der Waals surface area contributed by atoms with Crippen molar-refractivity contribution in [3.05, 3.63) is 64.7 Å². The second-order valence-electron chi connectivity index (χ2n) is 14.1. The van der Waals surface area contributed by atoms with Crippen molar-refractivity contribution >= 4 is 17.2 Å². The van der Waals surface area contributed by atoms with E-state index in [-0.39, 0.29) is 24.3 Å². The number of halogens is 1. The van der Waals surface area contributed by atoms with Gasteiger partial charge in [-0.1, -0.05) is 32.1 Å². The molecule has 0 saturated carbocycles. The van der Waals surface area contributed by atoms with Crippen LogP contribution in [0, 0.1) is 18.2 Å². The molecule has 1 fully saturated rings. The van der Waals surface area contributed by atoms with Gasteiger partial charge in [0.2, 0.25) is 0 Å². The van der Waals surface area contributed by atoms with E-state index in [1.807, 2.05) is 39.1 Å². The van der Waals surface area contributed by atoms with Gasteiger partial charge in [0, 0.05) is 49.2 Å². The van der Waals surface area contributed by atoms with Gasteiger partial charge < -0.3 is 14.7 Å². The molecule has 0 radical (unpaired) electrons. The predicted octanol–water partition coefficient (Wildman–Crippen LogP) is 7.15. The van der Waals surface area contributed by atoms with Crippen LogP contribution in [0.15, 0.2) is 36.5 Å². The molecule has 2 aliphatic rings. The van der Waals surface area contributed by atoms with E-state index in [0.29, 0.717) is 5.41 Å². The van der Waals surface area contributed by atoms with Crippen molar-refractivity contribution in [2.24, 2.45) is 5.41 Å². The van der Waals surface area contributed by atoms with Gasteiger partial charge in [-0.2, -0.15) is 0 Å². The van der Waals surface area contributed by atoms with E-state index >= 15 is 0 Å². The second-order valence-corrected chi connectivity index (χ2v) is 14.1. The fraction of sp³-hybridized carbons (Fsp3) is 0.611. The Morgan fingerprint density at radius 3 is 2.30 bits per heavy atom. The van der Waals surface area contributed by atoms with Gasteiger partial charge in [0.25, 0.3) is 0 Å². The summed E-state index contributed by atoms with van der Waals surface area (Å²) < 4.78 is 18.7. The van der Waals surface area contributed by atoms with Crippen LogP contribution >= 0.6 is 0 Å². The van der Waals surface area contributed by atoms with E-state index in [1.54, 1.807) is 32.9 Å². The van der Waals surface area contributed by atoms with Crippen molar-refractivity contribution in [1.29, 1.82) is 0 Å². The summed E-state index contributed by atoms with van der Waals surface area (Å²) in [5, 5.41) is 8.52. The number of nitrogens with zero attached hydrogens (tertiary/aromatic N) is 3. The molecule has 43 heavy (non-hydrogen) atoms. The first-order valence-electron chi connectivity index (χ1n) is 15.9.